The summed E-state index contributed by atoms with van der Waals surface area (Å²) in [7, 11) is 0. The predicted molar refractivity (Wildman–Crippen MR) is 54.2 cm³/mol. The van der Waals surface area contributed by atoms with Gasteiger partial charge in [-0.15, -0.1) is 5.10 Å². The molecule has 0 atom stereocenters. The summed E-state index contributed by atoms with van der Waals surface area (Å²) in [5.74, 6) is 0. The summed E-state index contributed by atoms with van der Waals surface area (Å²) >= 11 is 5.54. The molecule has 0 saturated carbocycles. The molecule has 0 bridgehead atoms. The molecule has 16 heavy (non-hydrogen) atoms. The van der Waals surface area contributed by atoms with Crippen LogP contribution in [0.15, 0.2) is 0 Å². The van der Waals surface area contributed by atoms with Crippen LogP contribution in [-0.2, 0) is 12.7 Å². The SMILES string of the molecule is CCCCCCn1nnc(C(F)(F)F)c1Cl. The van der Waals surface area contributed by atoms with Crippen LogP contribution in [0.2, 0.25) is 5.15 Å². The first-order chi connectivity index (χ1) is 7.46. The van der Waals surface area contributed by atoms with Crippen LogP contribution in [0.1, 0.15) is 38.3 Å². The average molecular weight is 256 g/mol. The summed E-state index contributed by atoms with van der Waals surface area (Å²) in [4.78, 5) is 0. The molecule has 0 unspecified atom stereocenters. The lowest BCUT2D eigenvalue weighted by Crippen LogP contribution is -2.07. The van der Waals surface area contributed by atoms with Crippen molar-refractivity contribution in [2.45, 2.75) is 45.3 Å². The zero-order chi connectivity index (χ0) is 12.2. The van der Waals surface area contributed by atoms with E-state index in [-0.39, 0.29) is 0 Å². The molecule has 0 fully saturated rings. The fourth-order valence-corrected chi connectivity index (χ4v) is 1.57. The van der Waals surface area contributed by atoms with Crippen molar-refractivity contribution in [3.8, 4) is 0 Å². The molecule has 0 aliphatic rings. The standard InChI is InChI=1S/C9H13ClF3N3/c1-2-3-4-5-6-16-8(10)7(14-15-16)9(11,12)13/h2-6H2,1H3. The Labute approximate surface area is 96.6 Å². The van der Waals surface area contributed by atoms with Crippen molar-refractivity contribution in [3.05, 3.63) is 10.8 Å². The van der Waals surface area contributed by atoms with Crippen LogP contribution >= 0.6 is 11.6 Å². The molecule has 0 N–H and O–H groups in total. The molecule has 1 heterocycles. The van der Waals surface area contributed by atoms with E-state index >= 15 is 0 Å². The molecule has 1 aromatic heterocycles. The normalized spacial score (nSPS) is 12.1. The third-order valence-electron chi connectivity index (χ3n) is 2.17. The van der Waals surface area contributed by atoms with Gasteiger partial charge in [-0.1, -0.05) is 43.0 Å². The van der Waals surface area contributed by atoms with Crippen molar-refractivity contribution < 1.29 is 13.2 Å². The number of alkyl halides is 3. The van der Waals surface area contributed by atoms with Gasteiger partial charge in [-0.3, -0.25) is 0 Å². The summed E-state index contributed by atoms with van der Waals surface area (Å²) in [5.41, 5.74) is -1.11. The summed E-state index contributed by atoms with van der Waals surface area (Å²) in [6.45, 7) is 2.44. The summed E-state index contributed by atoms with van der Waals surface area (Å²) < 4.78 is 38.0. The summed E-state index contributed by atoms with van der Waals surface area (Å²) in [6, 6.07) is 0. The predicted octanol–water partition coefficient (Wildman–Crippen LogP) is 3.53. The molecular weight excluding hydrogens is 243 g/mol. The van der Waals surface area contributed by atoms with E-state index in [2.05, 4.69) is 17.2 Å². The lowest BCUT2D eigenvalue weighted by Gasteiger charge is -2.03. The Morgan fingerprint density at radius 2 is 1.94 bits per heavy atom. The maximum atomic E-state index is 12.3. The first-order valence-corrected chi connectivity index (χ1v) is 5.50. The molecule has 0 aliphatic carbocycles. The van der Waals surface area contributed by atoms with Crippen LogP contribution in [-0.4, -0.2) is 15.0 Å². The van der Waals surface area contributed by atoms with Gasteiger partial charge in [0.15, 0.2) is 5.15 Å². The van der Waals surface area contributed by atoms with Gasteiger partial charge in [0.05, 0.1) is 0 Å². The molecule has 7 heteroatoms. The minimum atomic E-state index is -4.53. The number of aryl methyl sites for hydroxylation is 1. The Hall–Kier alpha value is -0.780. The van der Waals surface area contributed by atoms with E-state index in [1.165, 1.54) is 0 Å². The number of rotatable bonds is 5. The zero-order valence-corrected chi connectivity index (χ0v) is 9.64. The number of halogens is 4. The van der Waals surface area contributed by atoms with Crippen molar-refractivity contribution in [3.63, 3.8) is 0 Å². The maximum absolute atomic E-state index is 12.3. The zero-order valence-electron chi connectivity index (χ0n) is 8.89. The van der Waals surface area contributed by atoms with E-state index in [0.29, 0.717) is 6.54 Å². The molecule has 0 aromatic carbocycles. The lowest BCUT2D eigenvalue weighted by molar-refractivity contribution is -0.141. The fourth-order valence-electron chi connectivity index (χ4n) is 1.31. The van der Waals surface area contributed by atoms with Crippen molar-refractivity contribution in [2.75, 3.05) is 0 Å². The number of unbranched alkanes of at least 4 members (excludes halogenated alkanes) is 3. The van der Waals surface area contributed by atoms with Crippen molar-refractivity contribution in [1.82, 2.24) is 15.0 Å². The third kappa shape index (κ3) is 3.37. The van der Waals surface area contributed by atoms with Crippen molar-refractivity contribution >= 4 is 11.6 Å². The second-order valence-electron chi connectivity index (χ2n) is 3.51. The second-order valence-corrected chi connectivity index (χ2v) is 3.87. The van der Waals surface area contributed by atoms with Gasteiger partial charge in [0, 0.05) is 6.54 Å². The number of hydrogen-bond donors (Lipinski definition) is 0. The highest BCUT2D eigenvalue weighted by Crippen LogP contribution is 2.32. The molecule has 1 aromatic rings. The topological polar surface area (TPSA) is 30.7 Å². The van der Waals surface area contributed by atoms with Gasteiger partial charge in [0.2, 0.25) is 5.69 Å². The minimum absolute atomic E-state index is 0.377. The first kappa shape index (κ1) is 13.3. The van der Waals surface area contributed by atoms with Gasteiger partial charge >= 0.3 is 6.18 Å². The molecule has 92 valence electrons. The number of nitrogens with zero attached hydrogens (tertiary/aromatic N) is 3. The van der Waals surface area contributed by atoms with Gasteiger partial charge in [-0.25, -0.2) is 4.68 Å². The van der Waals surface area contributed by atoms with E-state index < -0.39 is 17.0 Å². The third-order valence-corrected chi connectivity index (χ3v) is 2.54. The molecule has 0 radical (unpaired) electrons. The molecule has 0 aliphatic heterocycles. The Bertz CT molecular complexity index is 335. The highest BCUT2D eigenvalue weighted by atomic mass is 35.5. The van der Waals surface area contributed by atoms with Crippen LogP contribution in [0.5, 0.6) is 0 Å². The van der Waals surface area contributed by atoms with Gasteiger partial charge in [-0.2, -0.15) is 13.2 Å². The van der Waals surface area contributed by atoms with Gasteiger partial charge in [-0.05, 0) is 6.42 Å². The Morgan fingerprint density at radius 1 is 1.25 bits per heavy atom. The fraction of sp³-hybridized carbons (Fsp3) is 0.778. The minimum Gasteiger partial charge on any atom is -0.233 e. The highest BCUT2D eigenvalue weighted by molar-refractivity contribution is 6.30. The molecule has 0 amide bonds. The van der Waals surface area contributed by atoms with Crippen LogP contribution in [0, 0.1) is 0 Å². The summed E-state index contributed by atoms with van der Waals surface area (Å²) in [6.07, 6.45) is -0.696. The Morgan fingerprint density at radius 3 is 2.44 bits per heavy atom. The quantitative estimate of drug-likeness (QED) is 0.754. The number of hydrogen-bond acceptors (Lipinski definition) is 2. The van der Waals surface area contributed by atoms with Gasteiger partial charge in [0.25, 0.3) is 0 Å². The van der Waals surface area contributed by atoms with E-state index in [4.69, 9.17) is 11.6 Å². The molecule has 0 spiro atoms. The molecule has 1 rings (SSSR count). The van der Waals surface area contributed by atoms with Crippen molar-refractivity contribution in [1.29, 1.82) is 0 Å². The largest absolute Gasteiger partial charge is 0.438 e. The van der Waals surface area contributed by atoms with E-state index in [9.17, 15) is 13.2 Å². The highest BCUT2D eigenvalue weighted by Gasteiger charge is 2.38. The molecule has 0 saturated heterocycles. The molecular formula is C9H13ClF3N3. The van der Waals surface area contributed by atoms with E-state index in [0.717, 1.165) is 30.4 Å². The Balaban J connectivity index is 2.59. The van der Waals surface area contributed by atoms with Crippen LogP contribution in [0.25, 0.3) is 0 Å². The molecule has 3 nitrogen and oxygen atoms in total. The average Bonchev–Trinajstić information content (AvgIpc) is 2.54. The Kier molecular flexibility index (Phi) is 4.58. The van der Waals surface area contributed by atoms with Gasteiger partial charge < -0.3 is 0 Å². The van der Waals surface area contributed by atoms with Crippen LogP contribution in [0.4, 0.5) is 13.2 Å². The van der Waals surface area contributed by atoms with Gasteiger partial charge in [0.1, 0.15) is 0 Å². The smallest absolute Gasteiger partial charge is 0.233 e. The summed E-state index contributed by atoms with van der Waals surface area (Å²) in [5, 5.41) is 6.01. The van der Waals surface area contributed by atoms with E-state index in [1.807, 2.05) is 0 Å². The second kappa shape index (κ2) is 5.52. The number of aromatic nitrogens is 3. The first-order valence-electron chi connectivity index (χ1n) is 5.13. The monoisotopic (exact) mass is 255 g/mol. The van der Waals surface area contributed by atoms with E-state index in [1.54, 1.807) is 0 Å². The maximum Gasteiger partial charge on any atom is 0.438 e. The van der Waals surface area contributed by atoms with Crippen molar-refractivity contribution in [2.24, 2.45) is 0 Å². The lowest BCUT2D eigenvalue weighted by atomic mass is 10.2. The van der Waals surface area contributed by atoms with Crippen LogP contribution < -0.4 is 0 Å². The van der Waals surface area contributed by atoms with Crippen LogP contribution in [0.3, 0.4) is 0 Å².